The van der Waals surface area contributed by atoms with E-state index in [-0.39, 0.29) is 10.9 Å². The second-order valence-electron chi connectivity index (χ2n) is 8.20. The number of nitrogens with zero attached hydrogens (tertiary/aromatic N) is 3. The molecule has 0 aliphatic carbocycles. The van der Waals surface area contributed by atoms with Gasteiger partial charge in [-0.15, -0.1) is 0 Å². The number of nitrogens with one attached hydrogen (secondary N) is 1. The van der Waals surface area contributed by atoms with Crippen LogP contribution < -0.4 is 20.1 Å². The number of anilines is 2. The lowest BCUT2D eigenvalue weighted by Gasteiger charge is -2.26. The van der Waals surface area contributed by atoms with E-state index in [2.05, 4.69) is 39.4 Å². The van der Waals surface area contributed by atoms with Gasteiger partial charge in [-0.05, 0) is 62.2 Å². The first-order valence-electron chi connectivity index (χ1n) is 10.2. The van der Waals surface area contributed by atoms with E-state index >= 15 is 0 Å². The van der Waals surface area contributed by atoms with E-state index in [9.17, 15) is 4.57 Å². The zero-order valence-electron chi connectivity index (χ0n) is 18.6. The Balaban J connectivity index is 1.65. The van der Waals surface area contributed by atoms with Crippen molar-refractivity contribution in [1.82, 2.24) is 14.9 Å². The second-order valence-corrected chi connectivity index (χ2v) is 11.8. The van der Waals surface area contributed by atoms with Crippen molar-refractivity contribution in [2.45, 2.75) is 13.0 Å². The molecule has 0 saturated heterocycles. The molecule has 1 aliphatic rings. The Labute approximate surface area is 193 Å². The Hall–Kier alpha value is -2.60. The molecule has 0 bridgehead atoms. The number of likely N-dealkylation sites (N-methyl/N-ethyl adjacent to an activating group) is 1. The smallest absolute Gasteiger partial charge is 0.243 e. The van der Waals surface area contributed by atoms with Crippen LogP contribution in [0.5, 0.6) is 17.4 Å². The first-order valence-corrected chi connectivity index (χ1v) is 13.2. The number of para-hydroxylation sites is 1. The van der Waals surface area contributed by atoms with Gasteiger partial charge in [0.2, 0.25) is 11.8 Å². The van der Waals surface area contributed by atoms with E-state index in [1.807, 2.05) is 12.1 Å². The number of hydrogen-bond donors (Lipinski definition) is 1. The molecule has 0 fully saturated rings. The molecular weight excluding hydrogens is 447 g/mol. The minimum atomic E-state index is -2.55. The van der Waals surface area contributed by atoms with Gasteiger partial charge < -0.3 is 24.3 Å². The van der Waals surface area contributed by atoms with Crippen molar-refractivity contribution in [2.24, 2.45) is 0 Å². The summed E-state index contributed by atoms with van der Waals surface area (Å²) in [5.41, 5.74) is 3.29. The Morgan fingerprint density at radius 1 is 1.16 bits per heavy atom. The van der Waals surface area contributed by atoms with Gasteiger partial charge in [0, 0.05) is 13.1 Å². The summed E-state index contributed by atoms with van der Waals surface area (Å²) in [6, 6.07) is 11.3. The molecule has 0 spiro atoms. The minimum Gasteiger partial charge on any atom is -0.495 e. The zero-order valence-corrected chi connectivity index (χ0v) is 20.2. The van der Waals surface area contributed by atoms with E-state index in [1.54, 1.807) is 32.6 Å². The molecule has 9 heteroatoms. The fourth-order valence-corrected chi connectivity index (χ4v) is 4.92. The van der Waals surface area contributed by atoms with E-state index in [0.29, 0.717) is 17.0 Å². The van der Waals surface area contributed by atoms with Crippen molar-refractivity contribution in [3.8, 4) is 17.4 Å². The molecule has 1 aliphatic heterocycles. The first-order chi connectivity index (χ1) is 15.2. The van der Waals surface area contributed by atoms with Gasteiger partial charge in [-0.1, -0.05) is 23.7 Å². The van der Waals surface area contributed by atoms with Crippen LogP contribution >= 0.6 is 18.7 Å². The molecule has 0 amide bonds. The van der Waals surface area contributed by atoms with Gasteiger partial charge in [0.1, 0.15) is 23.7 Å². The average molecular weight is 473 g/mol. The molecule has 1 N–H and O–H groups in total. The van der Waals surface area contributed by atoms with Gasteiger partial charge in [0.15, 0.2) is 0 Å². The third kappa shape index (κ3) is 4.90. The predicted molar refractivity (Wildman–Crippen MR) is 129 cm³/mol. The third-order valence-electron chi connectivity index (χ3n) is 5.34. The summed E-state index contributed by atoms with van der Waals surface area (Å²) in [6.45, 7) is 5.29. The second kappa shape index (κ2) is 9.10. The van der Waals surface area contributed by atoms with Gasteiger partial charge in [-0.25, -0.2) is 4.98 Å². The number of aromatic nitrogens is 2. The average Bonchev–Trinajstić information content (AvgIpc) is 2.75. The predicted octanol–water partition coefficient (Wildman–Crippen LogP) is 4.91. The van der Waals surface area contributed by atoms with Gasteiger partial charge in [-0.2, -0.15) is 4.98 Å². The number of ether oxygens (including phenoxy) is 2. The number of rotatable bonds is 6. The number of methoxy groups -OCH3 is 1. The fourth-order valence-electron chi connectivity index (χ4n) is 3.69. The number of halogens is 1. The number of fused-ring (bicyclic) bond motifs is 1. The Morgan fingerprint density at radius 3 is 2.69 bits per heavy atom. The summed E-state index contributed by atoms with van der Waals surface area (Å²) in [7, 11) is 1.20. The van der Waals surface area contributed by atoms with Crippen LogP contribution in [0.15, 0.2) is 42.6 Å². The lowest BCUT2D eigenvalue weighted by Crippen LogP contribution is -2.26. The summed E-state index contributed by atoms with van der Waals surface area (Å²) in [5.74, 6) is 1.68. The minimum absolute atomic E-state index is 0.182. The number of benzene rings is 2. The molecule has 4 rings (SSSR count). The monoisotopic (exact) mass is 472 g/mol. The highest BCUT2D eigenvalue weighted by Gasteiger charge is 2.20. The van der Waals surface area contributed by atoms with Crippen molar-refractivity contribution < 1.29 is 14.0 Å². The molecule has 0 unspecified atom stereocenters. The molecule has 3 aromatic rings. The molecule has 0 radical (unpaired) electrons. The van der Waals surface area contributed by atoms with Crippen molar-refractivity contribution >= 4 is 35.7 Å². The Morgan fingerprint density at radius 2 is 1.94 bits per heavy atom. The fraction of sp³-hybridized carbons (Fsp3) is 0.304. The van der Waals surface area contributed by atoms with Crippen LogP contribution in [0.2, 0.25) is 5.02 Å². The van der Waals surface area contributed by atoms with E-state index in [1.165, 1.54) is 17.3 Å². The molecule has 2 aromatic carbocycles. The summed E-state index contributed by atoms with van der Waals surface area (Å²) < 4.78 is 24.2. The highest BCUT2D eigenvalue weighted by atomic mass is 35.5. The van der Waals surface area contributed by atoms with Crippen molar-refractivity contribution in [2.75, 3.05) is 39.3 Å². The van der Waals surface area contributed by atoms with Crippen LogP contribution in [0, 0.1) is 0 Å². The van der Waals surface area contributed by atoms with Crippen LogP contribution in [0.1, 0.15) is 11.1 Å². The largest absolute Gasteiger partial charge is 0.495 e. The summed E-state index contributed by atoms with van der Waals surface area (Å²) in [4.78, 5) is 11.0. The van der Waals surface area contributed by atoms with E-state index in [0.717, 1.165) is 30.9 Å². The third-order valence-corrected chi connectivity index (χ3v) is 7.12. The van der Waals surface area contributed by atoms with Crippen molar-refractivity contribution in [3.63, 3.8) is 0 Å². The lowest BCUT2D eigenvalue weighted by molar-refractivity contribution is 0.312. The van der Waals surface area contributed by atoms with Crippen LogP contribution in [0.4, 0.5) is 11.6 Å². The van der Waals surface area contributed by atoms with Gasteiger partial charge in [0.05, 0.1) is 24.3 Å². The molecule has 0 atom stereocenters. The van der Waals surface area contributed by atoms with Crippen LogP contribution in [0.3, 0.4) is 0 Å². The van der Waals surface area contributed by atoms with Gasteiger partial charge in [0.25, 0.3) is 0 Å². The normalized spacial score (nSPS) is 14.0. The van der Waals surface area contributed by atoms with Crippen LogP contribution in [0.25, 0.3) is 0 Å². The van der Waals surface area contributed by atoms with E-state index < -0.39 is 7.14 Å². The molecule has 0 saturated carbocycles. The standard InChI is InChI=1S/C23H26ClN4O3P/c1-28-10-9-15-12-20(30-2)18(11-16(15)14-28)26-23-25-13-17(24)22(27-23)31-19-7-5-6-8-21(19)32(3,4)29/h5-8,11-13H,9-10,14H2,1-4H3,(H,25,26,27). The van der Waals surface area contributed by atoms with Crippen LogP contribution in [-0.4, -0.2) is 48.9 Å². The number of hydrogen-bond acceptors (Lipinski definition) is 7. The Bertz CT molecular complexity index is 1200. The summed E-state index contributed by atoms with van der Waals surface area (Å²) >= 11 is 6.31. The van der Waals surface area contributed by atoms with E-state index in [4.69, 9.17) is 21.1 Å². The van der Waals surface area contributed by atoms with Gasteiger partial charge in [-0.3, -0.25) is 0 Å². The maximum absolute atomic E-state index is 12.7. The lowest BCUT2D eigenvalue weighted by atomic mass is 9.99. The molecule has 2 heterocycles. The zero-order chi connectivity index (χ0) is 22.9. The summed E-state index contributed by atoms with van der Waals surface area (Å²) in [5, 5.41) is 4.11. The van der Waals surface area contributed by atoms with Crippen molar-refractivity contribution in [3.05, 3.63) is 58.7 Å². The van der Waals surface area contributed by atoms with Crippen molar-refractivity contribution in [1.29, 1.82) is 0 Å². The van der Waals surface area contributed by atoms with Gasteiger partial charge >= 0.3 is 0 Å². The highest BCUT2D eigenvalue weighted by molar-refractivity contribution is 7.70. The molecular formula is C23H26ClN4O3P. The molecule has 168 valence electrons. The Kier molecular flexibility index (Phi) is 6.42. The highest BCUT2D eigenvalue weighted by Crippen LogP contribution is 2.40. The topological polar surface area (TPSA) is 76.6 Å². The quantitative estimate of drug-likeness (QED) is 0.511. The maximum Gasteiger partial charge on any atom is 0.243 e. The van der Waals surface area contributed by atoms with Crippen LogP contribution in [-0.2, 0) is 17.5 Å². The molecule has 7 nitrogen and oxygen atoms in total. The summed E-state index contributed by atoms with van der Waals surface area (Å²) in [6.07, 6.45) is 2.46. The SMILES string of the molecule is COc1cc2c(cc1Nc1ncc(Cl)c(Oc3ccccc3P(C)(C)=O)n1)CN(C)CC2. The first kappa shape index (κ1) is 22.6. The molecule has 32 heavy (non-hydrogen) atoms. The molecule has 1 aromatic heterocycles. The maximum atomic E-state index is 12.7.